The summed E-state index contributed by atoms with van der Waals surface area (Å²) in [6.45, 7) is 1.67. The van der Waals surface area contributed by atoms with E-state index in [1.807, 2.05) is 12.1 Å². The first-order valence-corrected chi connectivity index (χ1v) is 5.99. The van der Waals surface area contributed by atoms with Gasteiger partial charge >= 0.3 is 0 Å². The Morgan fingerprint density at radius 2 is 2.21 bits per heavy atom. The maximum Gasteiger partial charge on any atom is 0.169 e. The largest absolute Gasteiger partial charge is 0.453 e. The lowest BCUT2D eigenvalue weighted by atomic mass is 10.4. The SMILES string of the molecule is Brc1ccc(CNCc2cccs2)o1. The molecule has 0 aliphatic heterocycles. The number of furan rings is 1. The molecule has 0 atom stereocenters. The lowest BCUT2D eigenvalue weighted by Gasteiger charge is -1.99. The van der Waals surface area contributed by atoms with Crippen LogP contribution in [0.15, 0.2) is 38.7 Å². The first-order chi connectivity index (χ1) is 6.84. The molecule has 74 valence electrons. The summed E-state index contributed by atoms with van der Waals surface area (Å²) in [7, 11) is 0. The third-order valence-corrected chi connectivity index (χ3v) is 3.11. The second kappa shape index (κ2) is 4.77. The third kappa shape index (κ3) is 2.70. The molecule has 0 aliphatic carbocycles. The summed E-state index contributed by atoms with van der Waals surface area (Å²) in [6, 6.07) is 8.05. The minimum atomic E-state index is 0.767. The molecule has 2 aromatic heterocycles. The van der Waals surface area contributed by atoms with E-state index in [-0.39, 0.29) is 0 Å². The van der Waals surface area contributed by atoms with Crippen molar-refractivity contribution in [1.82, 2.24) is 5.32 Å². The second-order valence-corrected chi connectivity index (χ2v) is 4.70. The summed E-state index contributed by atoms with van der Waals surface area (Å²) in [5.41, 5.74) is 0. The normalized spacial score (nSPS) is 10.6. The van der Waals surface area contributed by atoms with Crippen LogP contribution in [0.25, 0.3) is 0 Å². The molecule has 0 unspecified atom stereocenters. The van der Waals surface area contributed by atoms with E-state index in [1.165, 1.54) is 4.88 Å². The van der Waals surface area contributed by atoms with Crippen LogP contribution >= 0.6 is 27.3 Å². The summed E-state index contributed by atoms with van der Waals surface area (Å²) in [6.07, 6.45) is 0. The average Bonchev–Trinajstić information content (AvgIpc) is 2.77. The van der Waals surface area contributed by atoms with Crippen molar-refractivity contribution in [2.45, 2.75) is 13.1 Å². The van der Waals surface area contributed by atoms with Crippen LogP contribution < -0.4 is 5.32 Å². The fraction of sp³-hybridized carbons (Fsp3) is 0.200. The summed E-state index contributed by atoms with van der Waals surface area (Å²) in [5, 5.41) is 5.40. The van der Waals surface area contributed by atoms with Crippen LogP contribution in [-0.2, 0) is 13.1 Å². The maximum absolute atomic E-state index is 5.36. The number of thiophene rings is 1. The van der Waals surface area contributed by atoms with E-state index in [0.29, 0.717) is 0 Å². The van der Waals surface area contributed by atoms with Gasteiger partial charge in [-0.2, -0.15) is 0 Å². The fourth-order valence-corrected chi connectivity index (χ4v) is 2.18. The van der Waals surface area contributed by atoms with Crippen molar-refractivity contribution in [3.8, 4) is 0 Å². The molecule has 2 rings (SSSR count). The zero-order valence-corrected chi connectivity index (χ0v) is 9.90. The van der Waals surface area contributed by atoms with E-state index in [2.05, 4.69) is 38.8 Å². The molecule has 0 saturated heterocycles. The van der Waals surface area contributed by atoms with Crippen molar-refractivity contribution in [1.29, 1.82) is 0 Å². The van der Waals surface area contributed by atoms with Crippen molar-refractivity contribution in [3.63, 3.8) is 0 Å². The van der Waals surface area contributed by atoms with E-state index in [1.54, 1.807) is 11.3 Å². The predicted molar refractivity (Wildman–Crippen MR) is 61.3 cm³/mol. The van der Waals surface area contributed by atoms with Gasteiger partial charge in [0, 0.05) is 11.4 Å². The molecule has 2 heterocycles. The van der Waals surface area contributed by atoms with E-state index in [4.69, 9.17) is 4.42 Å². The molecule has 0 fully saturated rings. The molecule has 0 aromatic carbocycles. The highest BCUT2D eigenvalue weighted by molar-refractivity contribution is 9.10. The molecule has 2 nitrogen and oxygen atoms in total. The average molecular weight is 272 g/mol. The Kier molecular flexibility index (Phi) is 3.39. The molecule has 4 heteroatoms. The highest BCUT2D eigenvalue weighted by Crippen LogP contribution is 2.14. The van der Waals surface area contributed by atoms with Crippen molar-refractivity contribution in [3.05, 3.63) is 45.0 Å². The van der Waals surface area contributed by atoms with Crippen LogP contribution in [0.3, 0.4) is 0 Å². The van der Waals surface area contributed by atoms with Crippen LogP contribution in [0.1, 0.15) is 10.6 Å². The monoisotopic (exact) mass is 271 g/mol. The quantitative estimate of drug-likeness (QED) is 0.922. The van der Waals surface area contributed by atoms with Crippen LogP contribution in [-0.4, -0.2) is 0 Å². The van der Waals surface area contributed by atoms with E-state index >= 15 is 0 Å². The topological polar surface area (TPSA) is 25.2 Å². The number of rotatable bonds is 4. The molecule has 0 saturated carbocycles. The van der Waals surface area contributed by atoms with E-state index < -0.39 is 0 Å². The molecule has 2 aromatic rings. The zero-order valence-electron chi connectivity index (χ0n) is 7.50. The molecule has 14 heavy (non-hydrogen) atoms. The van der Waals surface area contributed by atoms with Crippen molar-refractivity contribution in [2.24, 2.45) is 0 Å². The molecule has 0 aliphatic rings. The Bertz CT molecular complexity index is 382. The van der Waals surface area contributed by atoms with Gasteiger partial charge in [0.05, 0.1) is 6.54 Å². The highest BCUT2D eigenvalue weighted by Gasteiger charge is 1.98. The van der Waals surface area contributed by atoms with Gasteiger partial charge in [0.2, 0.25) is 0 Å². The van der Waals surface area contributed by atoms with Gasteiger partial charge in [0.15, 0.2) is 4.67 Å². The van der Waals surface area contributed by atoms with Crippen LogP contribution in [0.4, 0.5) is 0 Å². The molecule has 1 N–H and O–H groups in total. The number of hydrogen-bond acceptors (Lipinski definition) is 3. The van der Waals surface area contributed by atoms with Crippen LogP contribution in [0, 0.1) is 0 Å². The predicted octanol–water partition coefficient (Wildman–Crippen LogP) is 3.39. The Morgan fingerprint density at radius 3 is 2.86 bits per heavy atom. The van der Waals surface area contributed by atoms with Gasteiger partial charge in [-0.25, -0.2) is 0 Å². The van der Waals surface area contributed by atoms with Crippen molar-refractivity contribution < 1.29 is 4.42 Å². The minimum absolute atomic E-state index is 0.767. The summed E-state index contributed by atoms with van der Waals surface area (Å²) in [4.78, 5) is 1.34. The fourth-order valence-electron chi connectivity index (χ4n) is 1.17. The first-order valence-electron chi connectivity index (χ1n) is 4.32. The van der Waals surface area contributed by atoms with Gasteiger partial charge in [-0.15, -0.1) is 11.3 Å². The molecular formula is C10H10BrNOS. The second-order valence-electron chi connectivity index (χ2n) is 2.89. The van der Waals surface area contributed by atoms with Gasteiger partial charge in [-0.05, 0) is 39.5 Å². The number of halogens is 1. The van der Waals surface area contributed by atoms with Crippen molar-refractivity contribution in [2.75, 3.05) is 0 Å². The Morgan fingerprint density at radius 1 is 1.29 bits per heavy atom. The molecule has 0 spiro atoms. The smallest absolute Gasteiger partial charge is 0.169 e. The maximum atomic E-state index is 5.36. The highest BCUT2D eigenvalue weighted by atomic mass is 79.9. The van der Waals surface area contributed by atoms with Gasteiger partial charge in [0.25, 0.3) is 0 Å². The minimum Gasteiger partial charge on any atom is -0.453 e. The molecule has 0 amide bonds. The molecule has 0 bridgehead atoms. The Balaban J connectivity index is 1.78. The van der Waals surface area contributed by atoms with Gasteiger partial charge in [-0.1, -0.05) is 6.07 Å². The molecular weight excluding hydrogens is 262 g/mol. The van der Waals surface area contributed by atoms with Crippen LogP contribution in [0.5, 0.6) is 0 Å². The zero-order chi connectivity index (χ0) is 9.80. The standard InChI is InChI=1S/C10H10BrNOS/c11-10-4-3-8(13-10)6-12-7-9-2-1-5-14-9/h1-5,12H,6-7H2. The van der Waals surface area contributed by atoms with E-state index in [9.17, 15) is 0 Å². The number of hydrogen-bond donors (Lipinski definition) is 1. The van der Waals surface area contributed by atoms with Crippen LogP contribution in [0.2, 0.25) is 0 Å². The Labute approximate surface area is 95.1 Å². The Hall–Kier alpha value is -0.580. The lowest BCUT2D eigenvalue weighted by Crippen LogP contribution is -2.10. The van der Waals surface area contributed by atoms with Gasteiger partial charge < -0.3 is 9.73 Å². The third-order valence-electron chi connectivity index (χ3n) is 1.81. The summed E-state index contributed by atoms with van der Waals surface area (Å²) in [5.74, 6) is 0.952. The lowest BCUT2D eigenvalue weighted by molar-refractivity contribution is 0.466. The van der Waals surface area contributed by atoms with Gasteiger partial charge in [0.1, 0.15) is 5.76 Å². The van der Waals surface area contributed by atoms with Crippen molar-refractivity contribution >= 4 is 27.3 Å². The number of nitrogens with one attached hydrogen (secondary N) is 1. The first kappa shape index (κ1) is 9.96. The molecule has 0 radical (unpaired) electrons. The van der Waals surface area contributed by atoms with E-state index in [0.717, 1.165) is 23.5 Å². The summed E-state index contributed by atoms with van der Waals surface area (Å²) < 4.78 is 6.14. The summed E-state index contributed by atoms with van der Waals surface area (Å²) >= 11 is 5.03. The van der Waals surface area contributed by atoms with Gasteiger partial charge in [-0.3, -0.25) is 0 Å².